The van der Waals surface area contributed by atoms with Crippen LogP contribution in [0, 0.1) is 0 Å². The Hall–Kier alpha value is -3.32. The zero-order chi connectivity index (χ0) is 24.5. The number of ether oxygens (including phenoxy) is 3. The second kappa shape index (κ2) is 9.74. The molecule has 0 aromatic heterocycles. The third-order valence-electron chi connectivity index (χ3n) is 6.02. The van der Waals surface area contributed by atoms with Gasteiger partial charge >= 0.3 is 5.97 Å². The van der Waals surface area contributed by atoms with Gasteiger partial charge < -0.3 is 14.2 Å². The van der Waals surface area contributed by atoms with Crippen LogP contribution in [-0.2, 0) is 17.7 Å². The van der Waals surface area contributed by atoms with Gasteiger partial charge in [0.1, 0.15) is 18.2 Å². The molecular formula is C27H21Cl2NO5. The van der Waals surface area contributed by atoms with E-state index in [4.69, 9.17) is 37.4 Å². The van der Waals surface area contributed by atoms with Crippen LogP contribution in [0.5, 0.6) is 11.5 Å². The van der Waals surface area contributed by atoms with Gasteiger partial charge in [0.05, 0.1) is 23.8 Å². The zero-order valence-corrected chi connectivity index (χ0v) is 20.4. The second-order valence-corrected chi connectivity index (χ2v) is 9.13. The van der Waals surface area contributed by atoms with Crippen LogP contribution >= 0.6 is 23.2 Å². The Labute approximate surface area is 212 Å². The number of carbonyl (C=O) groups excluding carboxylic acids is 2. The summed E-state index contributed by atoms with van der Waals surface area (Å²) in [5.74, 6) is 0.855. The molecule has 2 heterocycles. The molecule has 3 aromatic carbocycles. The summed E-state index contributed by atoms with van der Waals surface area (Å²) in [6.07, 6.45) is 2.40. The van der Waals surface area contributed by atoms with E-state index >= 15 is 0 Å². The number of ketones is 1. The van der Waals surface area contributed by atoms with Crippen molar-refractivity contribution in [3.8, 4) is 11.5 Å². The Morgan fingerprint density at radius 2 is 1.91 bits per heavy atom. The van der Waals surface area contributed by atoms with Gasteiger partial charge in [-0.2, -0.15) is 0 Å². The van der Waals surface area contributed by atoms with Crippen LogP contribution in [0.25, 0.3) is 6.08 Å². The first-order valence-corrected chi connectivity index (χ1v) is 11.8. The molecule has 0 saturated carbocycles. The molecule has 0 spiro atoms. The van der Waals surface area contributed by atoms with E-state index in [1.165, 1.54) is 7.11 Å². The Bertz CT molecular complexity index is 1350. The highest BCUT2D eigenvalue weighted by molar-refractivity contribution is 6.35. The van der Waals surface area contributed by atoms with Crippen LogP contribution in [0.4, 0.5) is 0 Å². The minimum Gasteiger partial charge on any atom is -0.478 e. The van der Waals surface area contributed by atoms with E-state index in [9.17, 15) is 9.59 Å². The maximum Gasteiger partial charge on any atom is 0.337 e. The van der Waals surface area contributed by atoms with Gasteiger partial charge in [0, 0.05) is 23.1 Å². The van der Waals surface area contributed by atoms with Gasteiger partial charge in [-0.25, -0.2) is 4.79 Å². The number of allylic oxidation sites excluding steroid dienone is 1. The Balaban J connectivity index is 1.33. The van der Waals surface area contributed by atoms with E-state index in [2.05, 4.69) is 4.90 Å². The smallest absolute Gasteiger partial charge is 0.337 e. The number of halogens is 2. The molecule has 0 amide bonds. The molecule has 0 saturated heterocycles. The van der Waals surface area contributed by atoms with Crippen molar-refractivity contribution in [3.05, 3.63) is 98.2 Å². The molecule has 35 heavy (non-hydrogen) atoms. The SMILES string of the molecule is COC(=O)c1ccc(/C=C2\Oc3c(ccc4c3CN(CCc3ccc(Cl)cc3Cl)CO4)C2=O)cc1. The van der Waals surface area contributed by atoms with E-state index < -0.39 is 5.97 Å². The van der Waals surface area contributed by atoms with E-state index in [0.29, 0.717) is 52.5 Å². The largest absolute Gasteiger partial charge is 0.478 e. The van der Waals surface area contributed by atoms with Crippen molar-refractivity contribution < 1.29 is 23.8 Å². The third-order valence-corrected chi connectivity index (χ3v) is 6.61. The predicted molar refractivity (Wildman–Crippen MR) is 133 cm³/mol. The summed E-state index contributed by atoms with van der Waals surface area (Å²) in [5, 5.41) is 1.25. The van der Waals surface area contributed by atoms with E-state index in [0.717, 1.165) is 23.1 Å². The number of rotatable bonds is 5. The van der Waals surface area contributed by atoms with Gasteiger partial charge in [-0.15, -0.1) is 0 Å². The summed E-state index contributed by atoms with van der Waals surface area (Å²) in [7, 11) is 1.33. The van der Waals surface area contributed by atoms with Gasteiger partial charge in [-0.1, -0.05) is 41.4 Å². The molecule has 0 atom stereocenters. The molecule has 2 aliphatic heterocycles. The molecule has 6 nitrogen and oxygen atoms in total. The highest BCUT2D eigenvalue weighted by Gasteiger charge is 2.33. The average molecular weight is 510 g/mol. The molecule has 0 bridgehead atoms. The number of methoxy groups -OCH3 is 1. The van der Waals surface area contributed by atoms with Crippen LogP contribution in [0.3, 0.4) is 0 Å². The fraction of sp³-hybridized carbons (Fsp3) is 0.185. The van der Waals surface area contributed by atoms with Gasteiger partial charge in [-0.05, 0) is 60.0 Å². The maximum absolute atomic E-state index is 13.0. The first-order valence-electron chi connectivity index (χ1n) is 11.0. The highest BCUT2D eigenvalue weighted by atomic mass is 35.5. The standard InChI is InChI=1S/C27H21Cl2NO5/c1-33-27(32)18-4-2-16(3-5-18)12-24-25(31)20-8-9-23-21(26(20)35-24)14-30(15-34-23)11-10-17-6-7-19(28)13-22(17)29/h2-9,12-13H,10-11,14-15H2,1H3/b24-12-. The lowest BCUT2D eigenvalue weighted by Crippen LogP contribution is -2.33. The lowest BCUT2D eigenvalue weighted by Gasteiger charge is -2.29. The molecule has 3 aromatic rings. The molecule has 178 valence electrons. The van der Waals surface area contributed by atoms with Gasteiger partial charge in [0.25, 0.3) is 0 Å². The number of benzene rings is 3. The summed E-state index contributed by atoms with van der Waals surface area (Å²) in [6.45, 7) is 1.73. The number of nitrogens with zero attached hydrogens (tertiary/aromatic N) is 1. The molecule has 8 heteroatoms. The number of carbonyl (C=O) groups is 2. The first-order chi connectivity index (χ1) is 16.9. The average Bonchev–Trinajstić information content (AvgIpc) is 3.19. The topological polar surface area (TPSA) is 65.1 Å². The molecule has 0 unspecified atom stereocenters. The fourth-order valence-electron chi connectivity index (χ4n) is 4.14. The number of fused-ring (bicyclic) bond motifs is 3. The Kier molecular flexibility index (Phi) is 6.52. The first kappa shape index (κ1) is 23.4. The van der Waals surface area contributed by atoms with Crippen molar-refractivity contribution in [2.75, 3.05) is 20.4 Å². The quantitative estimate of drug-likeness (QED) is 0.320. The minimum atomic E-state index is -0.417. The lowest BCUT2D eigenvalue weighted by molar-refractivity contribution is 0.0600. The van der Waals surface area contributed by atoms with Gasteiger partial charge in [0.2, 0.25) is 5.78 Å². The molecule has 0 radical (unpaired) electrons. The van der Waals surface area contributed by atoms with Crippen molar-refractivity contribution >= 4 is 41.0 Å². The summed E-state index contributed by atoms with van der Waals surface area (Å²) in [6, 6.07) is 15.8. The van der Waals surface area contributed by atoms with Crippen LogP contribution < -0.4 is 9.47 Å². The van der Waals surface area contributed by atoms with Crippen LogP contribution in [-0.4, -0.2) is 37.0 Å². The van der Waals surface area contributed by atoms with E-state index in [1.807, 2.05) is 18.2 Å². The number of Topliss-reactive ketones (excluding diaryl/α,β-unsaturated/α-hetero) is 1. The van der Waals surface area contributed by atoms with Crippen LogP contribution in [0.2, 0.25) is 10.0 Å². The molecule has 2 aliphatic rings. The van der Waals surface area contributed by atoms with E-state index in [1.54, 1.807) is 42.5 Å². The highest BCUT2D eigenvalue weighted by Crippen LogP contribution is 2.42. The lowest BCUT2D eigenvalue weighted by atomic mass is 10.0. The zero-order valence-electron chi connectivity index (χ0n) is 18.8. The molecular weight excluding hydrogens is 489 g/mol. The summed E-state index contributed by atoms with van der Waals surface area (Å²) < 4.78 is 16.7. The third kappa shape index (κ3) is 4.78. The second-order valence-electron chi connectivity index (χ2n) is 8.28. The van der Waals surface area contributed by atoms with Gasteiger partial charge in [-0.3, -0.25) is 9.69 Å². The number of esters is 1. The predicted octanol–water partition coefficient (Wildman–Crippen LogP) is 5.79. The minimum absolute atomic E-state index is 0.190. The van der Waals surface area contributed by atoms with Gasteiger partial charge in [0.15, 0.2) is 5.76 Å². The fourth-order valence-corrected chi connectivity index (χ4v) is 4.64. The molecule has 5 rings (SSSR count). The van der Waals surface area contributed by atoms with Crippen molar-refractivity contribution in [2.45, 2.75) is 13.0 Å². The monoisotopic (exact) mass is 509 g/mol. The van der Waals surface area contributed by atoms with Crippen molar-refractivity contribution in [2.24, 2.45) is 0 Å². The van der Waals surface area contributed by atoms with Crippen LogP contribution in [0.1, 0.15) is 37.4 Å². The summed E-state index contributed by atoms with van der Waals surface area (Å²) in [4.78, 5) is 26.8. The normalized spacial score (nSPS) is 15.9. The molecule has 0 aliphatic carbocycles. The number of hydrogen-bond acceptors (Lipinski definition) is 6. The van der Waals surface area contributed by atoms with Crippen molar-refractivity contribution in [1.82, 2.24) is 4.90 Å². The maximum atomic E-state index is 13.0. The Morgan fingerprint density at radius 3 is 2.66 bits per heavy atom. The summed E-state index contributed by atoms with van der Waals surface area (Å²) in [5.41, 5.74) is 3.53. The van der Waals surface area contributed by atoms with E-state index in [-0.39, 0.29) is 11.5 Å². The number of hydrogen-bond donors (Lipinski definition) is 0. The summed E-state index contributed by atoms with van der Waals surface area (Å²) >= 11 is 12.3. The molecule has 0 fully saturated rings. The van der Waals surface area contributed by atoms with Crippen molar-refractivity contribution in [1.29, 1.82) is 0 Å². The Morgan fingerprint density at radius 1 is 1.11 bits per heavy atom. The van der Waals surface area contributed by atoms with Crippen LogP contribution in [0.15, 0.2) is 60.4 Å². The molecule has 0 N–H and O–H groups in total. The van der Waals surface area contributed by atoms with Crippen molar-refractivity contribution in [3.63, 3.8) is 0 Å².